The summed E-state index contributed by atoms with van der Waals surface area (Å²) in [5, 5.41) is 0. The zero-order chi connectivity index (χ0) is 26.9. The molecule has 1 atom stereocenters. The third-order valence-electron chi connectivity index (χ3n) is 5.79. The van der Waals surface area contributed by atoms with E-state index in [1.807, 2.05) is 18.2 Å². The SMILES string of the molecule is CCOC(=O)C1=C(C)N=c2s/c(=C\c3ccc(OC)c(Br)c3)c(=O)n2[C@@H]1c1cc(OC)c(OC)cc1Br. The Labute approximate surface area is 234 Å². The molecule has 0 radical (unpaired) electrons. The summed E-state index contributed by atoms with van der Waals surface area (Å²) in [4.78, 5) is 32.1. The van der Waals surface area contributed by atoms with E-state index in [2.05, 4.69) is 36.9 Å². The summed E-state index contributed by atoms with van der Waals surface area (Å²) in [5.41, 5.74) is 1.92. The molecule has 8 nitrogen and oxygen atoms in total. The molecular formula is C26H24Br2N2O6S. The zero-order valence-electron chi connectivity index (χ0n) is 20.8. The van der Waals surface area contributed by atoms with Crippen LogP contribution in [-0.2, 0) is 9.53 Å². The standard InChI is InChI=1S/C26H24Br2N2O6S/c1-6-36-25(32)22-13(2)29-26-30(23(22)15-11-19(34-4)20(35-5)12-16(15)27)24(31)21(37-26)10-14-7-8-18(33-3)17(28)9-14/h7-12,23H,6H2,1-5H3/b21-10-/t23-/m1/s1. The molecule has 0 spiro atoms. The molecule has 2 heterocycles. The molecule has 0 aliphatic carbocycles. The Balaban J connectivity index is 1.99. The lowest BCUT2D eigenvalue weighted by atomic mass is 9.95. The van der Waals surface area contributed by atoms with Crippen LogP contribution in [0.25, 0.3) is 6.08 Å². The van der Waals surface area contributed by atoms with E-state index >= 15 is 0 Å². The number of ether oxygens (including phenoxy) is 4. The van der Waals surface area contributed by atoms with Crippen LogP contribution in [0.3, 0.4) is 0 Å². The molecule has 0 fully saturated rings. The monoisotopic (exact) mass is 650 g/mol. The predicted octanol–water partition coefficient (Wildman–Crippen LogP) is 4.35. The minimum absolute atomic E-state index is 0.187. The van der Waals surface area contributed by atoms with Gasteiger partial charge in [-0.25, -0.2) is 9.79 Å². The Morgan fingerprint density at radius 1 is 1.05 bits per heavy atom. The van der Waals surface area contributed by atoms with Gasteiger partial charge >= 0.3 is 5.97 Å². The molecular weight excluding hydrogens is 628 g/mol. The summed E-state index contributed by atoms with van der Waals surface area (Å²) < 4.78 is 25.0. The number of hydrogen-bond donors (Lipinski definition) is 0. The zero-order valence-corrected chi connectivity index (χ0v) is 24.7. The molecule has 0 saturated carbocycles. The van der Waals surface area contributed by atoms with Gasteiger partial charge in [0.2, 0.25) is 0 Å². The van der Waals surface area contributed by atoms with Crippen molar-refractivity contribution < 1.29 is 23.7 Å². The minimum atomic E-state index is -0.797. The number of allylic oxidation sites excluding steroid dienone is 1. The smallest absolute Gasteiger partial charge is 0.338 e. The first-order chi connectivity index (χ1) is 17.7. The lowest BCUT2D eigenvalue weighted by Crippen LogP contribution is -2.40. The average molecular weight is 652 g/mol. The van der Waals surface area contributed by atoms with Gasteiger partial charge in [0.25, 0.3) is 5.56 Å². The van der Waals surface area contributed by atoms with E-state index in [0.717, 1.165) is 10.0 Å². The number of aromatic nitrogens is 1. The molecule has 0 N–H and O–H groups in total. The van der Waals surface area contributed by atoms with Gasteiger partial charge in [0.1, 0.15) is 5.75 Å². The second kappa shape index (κ2) is 11.2. The highest BCUT2D eigenvalue weighted by Gasteiger charge is 2.35. The maximum absolute atomic E-state index is 13.8. The summed E-state index contributed by atoms with van der Waals surface area (Å²) in [6.45, 7) is 3.66. The minimum Gasteiger partial charge on any atom is -0.496 e. The van der Waals surface area contributed by atoms with Crippen molar-refractivity contribution >= 4 is 55.2 Å². The molecule has 2 aromatic carbocycles. The number of hydrogen-bond acceptors (Lipinski definition) is 8. The number of fused-ring (bicyclic) bond motifs is 1. The highest BCUT2D eigenvalue weighted by Crippen LogP contribution is 2.40. The topological polar surface area (TPSA) is 88.4 Å². The third kappa shape index (κ3) is 5.12. The van der Waals surface area contributed by atoms with Crippen LogP contribution in [-0.4, -0.2) is 38.5 Å². The van der Waals surface area contributed by atoms with Gasteiger partial charge in [-0.15, -0.1) is 0 Å². The fourth-order valence-electron chi connectivity index (χ4n) is 4.09. The van der Waals surface area contributed by atoms with E-state index in [1.165, 1.54) is 23.0 Å². The average Bonchev–Trinajstić information content (AvgIpc) is 3.17. The van der Waals surface area contributed by atoms with Gasteiger partial charge in [-0.05, 0) is 71.2 Å². The van der Waals surface area contributed by atoms with Gasteiger partial charge < -0.3 is 18.9 Å². The van der Waals surface area contributed by atoms with E-state index in [-0.39, 0.29) is 17.7 Å². The van der Waals surface area contributed by atoms with E-state index in [1.54, 1.807) is 46.3 Å². The van der Waals surface area contributed by atoms with Crippen LogP contribution in [0.1, 0.15) is 31.0 Å². The first kappa shape index (κ1) is 27.2. The molecule has 1 aliphatic heterocycles. The van der Waals surface area contributed by atoms with Gasteiger partial charge in [-0.2, -0.15) is 0 Å². The van der Waals surface area contributed by atoms with Crippen molar-refractivity contribution in [1.29, 1.82) is 0 Å². The van der Waals surface area contributed by atoms with Gasteiger partial charge in [0.15, 0.2) is 16.3 Å². The molecule has 4 rings (SSSR count). The lowest BCUT2D eigenvalue weighted by Gasteiger charge is -2.26. The predicted molar refractivity (Wildman–Crippen MR) is 148 cm³/mol. The molecule has 1 aliphatic rings. The first-order valence-corrected chi connectivity index (χ1v) is 13.6. The summed E-state index contributed by atoms with van der Waals surface area (Å²) in [7, 11) is 4.66. The highest BCUT2D eigenvalue weighted by atomic mass is 79.9. The fraction of sp³-hybridized carbons (Fsp3) is 0.269. The molecule has 1 aromatic heterocycles. The maximum Gasteiger partial charge on any atom is 0.338 e. The van der Waals surface area contributed by atoms with Crippen molar-refractivity contribution in [3.05, 3.63) is 81.4 Å². The Morgan fingerprint density at radius 2 is 1.73 bits per heavy atom. The Bertz CT molecular complexity index is 1590. The second-order valence-electron chi connectivity index (χ2n) is 7.92. The van der Waals surface area contributed by atoms with Crippen LogP contribution in [0.4, 0.5) is 0 Å². The number of halogens is 2. The van der Waals surface area contributed by atoms with Gasteiger partial charge in [0.05, 0.1) is 54.3 Å². The van der Waals surface area contributed by atoms with Crippen LogP contribution in [0, 0.1) is 0 Å². The quantitative estimate of drug-likeness (QED) is 0.353. The van der Waals surface area contributed by atoms with Gasteiger partial charge in [0, 0.05) is 4.47 Å². The van der Waals surface area contributed by atoms with Crippen molar-refractivity contribution in [1.82, 2.24) is 4.57 Å². The summed E-state index contributed by atoms with van der Waals surface area (Å²) in [6, 6.07) is 8.25. The number of thiazole rings is 1. The van der Waals surface area contributed by atoms with E-state index in [0.29, 0.717) is 42.3 Å². The number of nitrogens with zero attached hydrogens (tertiary/aromatic N) is 2. The summed E-state index contributed by atoms with van der Waals surface area (Å²) in [6.07, 6.45) is 1.79. The van der Waals surface area contributed by atoms with Crippen molar-refractivity contribution in [3.63, 3.8) is 0 Å². The van der Waals surface area contributed by atoms with Crippen LogP contribution in [0.2, 0.25) is 0 Å². The number of benzene rings is 2. The molecule has 0 amide bonds. The Hall–Kier alpha value is -2.89. The lowest BCUT2D eigenvalue weighted by molar-refractivity contribution is -0.139. The highest BCUT2D eigenvalue weighted by molar-refractivity contribution is 9.10. The van der Waals surface area contributed by atoms with Gasteiger partial charge in [-0.1, -0.05) is 33.3 Å². The van der Waals surface area contributed by atoms with Crippen molar-refractivity contribution in [2.75, 3.05) is 27.9 Å². The van der Waals surface area contributed by atoms with E-state index < -0.39 is 12.0 Å². The Kier molecular flexibility index (Phi) is 8.25. The second-order valence-corrected chi connectivity index (χ2v) is 10.6. The molecule has 0 saturated heterocycles. The number of carbonyl (C=O) groups is 1. The fourth-order valence-corrected chi connectivity index (χ4v) is 6.23. The van der Waals surface area contributed by atoms with Crippen LogP contribution in [0.5, 0.6) is 17.2 Å². The molecule has 0 bridgehead atoms. The van der Waals surface area contributed by atoms with Crippen LogP contribution in [0.15, 0.2) is 60.3 Å². The largest absolute Gasteiger partial charge is 0.496 e. The molecule has 3 aromatic rings. The number of rotatable bonds is 7. The van der Waals surface area contributed by atoms with Crippen molar-refractivity contribution in [2.45, 2.75) is 19.9 Å². The van der Waals surface area contributed by atoms with E-state index in [4.69, 9.17) is 18.9 Å². The third-order valence-corrected chi connectivity index (χ3v) is 8.08. The van der Waals surface area contributed by atoms with Crippen LogP contribution < -0.4 is 29.1 Å². The number of carbonyl (C=O) groups excluding carboxylic acids is 1. The maximum atomic E-state index is 13.8. The van der Waals surface area contributed by atoms with Crippen molar-refractivity contribution in [3.8, 4) is 17.2 Å². The molecule has 11 heteroatoms. The van der Waals surface area contributed by atoms with Gasteiger partial charge in [-0.3, -0.25) is 9.36 Å². The summed E-state index contributed by atoms with van der Waals surface area (Å²) in [5.74, 6) is 1.12. The molecule has 37 heavy (non-hydrogen) atoms. The Morgan fingerprint density at radius 3 is 2.35 bits per heavy atom. The van der Waals surface area contributed by atoms with Crippen molar-refractivity contribution in [2.24, 2.45) is 4.99 Å². The first-order valence-electron chi connectivity index (χ1n) is 11.2. The molecule has 0 unspecified atom stereocenters. The normalized spacial score (nSPS) is 15.2. The van der Waals surface area contributed by atoms with E-state index in [9.17, 15) is 9.59 Å². The molecule has 194 valence electrons. The number of methoxy groups -OCH3 is 3. The number of esters is 1. The summed E-state index contributed by atoms with van der Waals surface area (Å²) >= 11 is 8.34. The van der Waals surface area contributed by atoms with Crippen LogP contribution >= 0.6 is 43.2 Å².